The number of H-pyrrole nitrogens is 1. The predicted molar refractivity (Wildman–Crippen MR) is 82.4 cm³/mol. The third-order valence-corrected chi connectivity index (χ3v) is 4.79. The Morgan fingerprint density at radius 2 is 2.16 bits per heavy atom. The summed E-state index contributed by atoms with van der Waals surface area (Å²) in [6, 6.07) is 0. The quantitative estimate of drug-likeness (QED) is 0.872. The number of nitrogens with one attached hydrogen (secondary N) is 2. The summed E-state index contributed by atoms with van der Waals surface area (Å²) in [5, 5.41) is 3.31. The first-order valence-electron chi connectivity index (χ1n) is 6.37. The topological polar surface area (TPSA) is 61.0 Å². The number of halogens is 1. The maximum absolute atomic E-state index is 12.7. The molecular weight excluding hydrogens is 328 g/mol. The minimum absolute atomic E-state index is 0.0504. The van der Waals surface area contributed by atoms with E-state index >= 15 is 0 Å². The van der Waals surface area contributed by atoms with Crippen molar-refractivity contribution in [3.8, 4) is 0 Å². The number of pyridine rings is 1. The second-order valence-electron chi connectivity index (χ2n) is 4.52. The molecule has 0 bridgehead atoms. The number of hydrogen-bond acceptors (Lipinski definition) is 5. The Kier molecular flexibility index (Phi) is 3.60. The van der Waals surface area contributed by atoms with E-state index in [1.165, 1.54) is 11.3 Å². The van der Waals surface area contributed by atoms with Crippen molar-refractivity contribution < 1.29 is 0 Å². The van der Waals surface area contributed by atoms with E-state index in [9.17, 15) is 4.79 Å². The van der Waals surface area contributed by atoms with Crippen LogP contribution in [0.5, 0.6) is 0 Å². The monoisotopic (exact) mass is 342 g/mol. The van der Waals surface area contributed by atoms with Gasteiger partial charge in [0.15, 0.2) is 3.92 Å². The van der Waals surface area contributed by atoms with Crippen molar-refractivity contribution in [3.05, 3.63) is 19.8 Å². The maximum atomic E-state index is 12.7. The van der Waals surface area contributed by atoms with Crippen molar-refractivity contribution in [2.45, 2.75) is 13.3 Å². The van der Waals surface area contributed by atoms with Gasteiger partial charge in [-0.3, -0.25) is 4.79 Å². The van der Waals surface area contributed by atoms with E-state index in [0.29, 0.717) is 5.52 Å². The average Bonchev–Trinajstić information content (AvgIpc) is 2.80. The number of aryl methyl sites for hydroxylation is 1. The van der Waals surface area contributed by atoms with E-state index in [0.717, 1.165) is 52.7 Å². The van der Waals surface area contributed by atoms with Crippen LogP contribution in [0, 0.1) is 0 Å². The molecule has 5 nitrogen and oxygen atoms in total. The zero-order chi connectivity index (χ0) is 13.4. The van der Waals surface area contributed by atoms with Crippen LogP contribution in [-0.2, 0) is 6.42 Å². The molecule has 102 valence electrons. The van der Waals surface area contributed by atoms with Gasteiger partial charge in [0, 0.05) is 31.9 Å². The van der Waals surface area contributed by atoms with Gasteiger partial charge in [-0.15, -0.1) is 0 Å². The molecule has 0 spiro atoms. The summed E-state index contributed by atoms with van der Waals surface area (Å²) >= 11 is 4.82. The number of fused-ring (bicyclic) bond motifs is 1. The zero-order valence-corrected chi connectivity index (χ0v) is 13.0. The molecule has 0 aliphatic carbocycles. The first-order valence-corrected chi connectivity index (χ1v) is 7.98. The maximum Gasteiger partial charge on any atom is 0.232 e. The van der Waals surface area contributed by atoms with Gasteiger partial charge >= 0.3 is 0 Å². The summed E-state index contributed by atoms with van der Waals surface area (Å²) in [5.74, 6) is 0. The molecule has 0 unspecified atom stereocenters. The van der Waals surface area contributed by atoms with Crippen LogP contribution in [0.25, 0.3) is 10.3 Å². The fourth-order valence-corrected chi connectivity index (χ4v) is 3.83. The van der Waals surface area contributed by atoms with Gasteiger partial charge < -0.3 is 15.2 Å². The SMILES string of the molecule is CCc1[nH]c2sc(Br)nc2c(=O)c1N1CCNCC1. The molecule has 0 aromatic carbocycles. The molecule has 0 atom stereocenters. The normalized spacial score (nSPS) is 16.2. The van der Waals surface area contributed by atoms with Crippen molar-refractivity contribution in [3.63, 3.8) is 0 Å². The molecule has 2 aromatic heterocycles. The molecule has 2 N–H and O–H groups in total. The molecule has 3 heterocycles. The Balaban J connectivity index is 2.20. The number of aromatic amines is 1. The van der Waals surface area contributed by atoms with Gasteiger partial charge in [-0.2, -0.15) is 0 Å². The molecule has 2 aromatic rings. The lowest BCUT2D eigenvalue weighted by atomic mass is 10.2. The number of thiazole rings is 1. The van der Waals surface area contributed by atoms with Crippen molar-refractivity contribution in [2.24, 2.45) is 0 Å². The van der Waals surface area contributed by atoms with Gasteiger partial charge in [-0.1, -0.05) is 18.3 Å². The van der Waals surface area contributed by atoms with Gasteiger partial charge in [-0.05, 0) is 22.4 Å². The molecule has 0 saturated carbocycles. The molecule has 0 amide bonds. The minimum atomic E-state index is 0.0504. The second kappa shape index (κ2) is 5.22. The summed E-state index contributed by atoms with van der Waals surface area (Å²) in [4.78, 5) is 23.3. The van der Waals surface area contributed by atoms with Gasteiger partial charge in [0.1, 0.15) is 16.0 Å². The summed E-state index contributed by atoms with van der Waals surface area (Å²) in [5.41, 5.74) is 2.40. The summed E-state index contributed by atoms with van der Waals surface area (Å²) in [7, 11) is 0. The number of hydrogen-bond donors (Lipinski definition) is 2. The highest BCUT2D eigenvalue weighted by Crippen LogP contribution is 2.26. The highest BCUT2D eigenvalue weighted by molar-refractivity contribution is 9.11. The molecule has 1 aliphatic heterocycles. The fourth-order valence-electron chi connectivity index (χ4n) is 2.46. The smallest absolute Gasteiger partial charge is 0.232 e. The Labute approximate surface area is 123 Å². The Hall–Kier alpha value is -0.920. The third-order valence-electron chi connectivity index (χ3n) is 3.37. The minimum Gasteiger partial charge on any atom is -0.364 e. The van der Waals surface area contributed by atoms with E-state index in [4.69, 9.17) is 0 Å². The second-order valence-corrected chi connectivity index (χ2v) is 6.79. The van der Waals surface area contributed by atoms with Crippen LogP contribution in [0.3, 0.4) is 0 Å². The Morgan fingerprint density at radius 3 is 2.84 bits per heavy atom. The number of rotatable bonds is 2. The van der Waals surface area contributed by atoms with Crippen LogP contribution >= 0.6 is 27.3 Å². The Bertz CT molecular complexity index is 660. The van der Waals surface area contributed by atoms with Crippen molar-refractivity contribution in [1.82, 2.24) is 15.3 Å². The van der Waals surface area contributed by atoms with Crippen LogP contribution in [0.2, 0.25) is 0 Å². The van der Waals surface area contributed by atoms with Crippen molar-refractivity contribution in [1.29, 1.82) is 0 Å². The van der Waals surface area contributed by atoms with E-state index in [1.807, 2.05) is 0 Å². The molecule has 3 rings (SSSR count). The Morgan fingerprint density at radius 1 is 1.42 bits per heavy atom. The van der Waals surface area contributed by atoms with Gasteiger partial charge in [0.25, 0.3) is 0 Å². The summed E-state index contributed by atoms with van der Waals surface area (Å²) in [6.45, 7) is 5.64. The molecule has 0 radical (unpaired) electrons. The van der Waals surface area contributed by atoms with E-state index in [1.54, 1.807) is 0 Å². The average molecular weight is 343 g/mol. The summed E-state index contributed by atoms with van der Waals surface area (Å²) < 4.78 is 0.746. The van der Waals surface area contributed by atoms with Crippen LogP contribution in [0.1, 0.15) is 12.6 Å². The van der Waals surface area contributed by atoms with Crippen molar-refractivity contribution in [2.75, 3.05) is 31.1 Å². The van der Waals surface area contributed by atoms with Gasteiger partial charge in [0.2, 0.25) is 5.43 Å². The van der Waals surface area contributed by atoms with E-state index < -0.39 is 0 Å². The first kappa shape index (κ1) is 13.1. The number of piperazine rings is 1. The lowest BCUT2D eigenvalue weighted by Crippen LogP contribution is -2.45. The number of aromatic nitrogens is 2. The summed E-state index contributed by atoms with van der Waals surface area (Å²) in [6.07, 6.45) is 0.819. The molecule has 1 fully saturated rings. The zero-order valence-electron chi connectivity index (χ0n) is 10.6. The molecule has 1 saturated heterocycles. The fraction of sp³-hybridized carbons (Fsp3) is 0.500. The highest BCUT2D eigenvalue weighted by atomic mass is 79.9. The number of nitrogens with zero attached hydrogens (tertiary/aromatic N) is 2. The molecule has 7 heteroatoms. The van der Waals surface area contributed by atoms with Crippen LogP contribution < -0.4 is 15.6 Å². The highest BCUT2D eigenvalue weighted by Gasteiger charge is 2.20. The molecule has 1 aliphatic rings. The first-order chi connectivity index (χ1) is 9.20. The number of anilines is 1. The predicted octanol–water partition coefficient (Wildman–Crippen LogP) is 1.72. The third kappa shape index (κ3) is 2.30. The molecular formula is C12H15BrN4OS. The lowest BCUT2D eigenvalue weighted by Gasteiger charge is -2.30. The standard InChI is InChI=1S/C12H15BrN4OS/c1-2-7-9(17-5-3-14-4-6-17)10(18)8-11(15-7)19-12(13)16-8/h14H,2-6H2,1H3,(H,15,18). The van der Waals surface area contributed by atoms with Crippen LogP contribution in [0.4, 0.5) is 5.69 Å². The molecule has 19 heavy (non-hydrogen) atoms. The van der Waals surface area contributed by atoms with Crippen LogP contribution in [-0.4, -0.2) is 36.1 Å². The van der Waals surface area contributed by atoms with E-state index in [2.05, 4.69) is 43.0 Å². The largest absolute Gasteiger partial charge is 0.364 e. The van der Waals surface area contributed by atoms with Crippen molar-refractivity contribution >= 4 is 43.3 Å². The van der Waals surface area contributed by atoms with Crippen LogP contribution in [0.15, 0.2) is 8.71 Å². The van der Waals surface area contributed by atoms with E-state index in [-0.39, 0.29) is 5.43 Å². The van der Waals surface area contributed by atoms with Gasteiger partial charge in [0.05, 0.1) is 0 Å². The van der Waals surface area contributed by atoms with Gasteiger partial charge in [-0.25, -0.2) is 4.98 Å². The lowest BCUT2D eigenvalue weighted by molar-refractivity contribution is 0.586.